The van der Waals surface area contributed by atoms with Crippen LogP contribution in [0, 0.1) is 5.82 Å². The molecule has 0 aliphatic rings. The quantitative estimate of drug-likeness (QED) is 0.541. The van der Waals surface area contributed by atoms with Crippen LogP contribution in [0.25, 0.3) is 0 Å². The average molecular weight is 446 g/mol. The third kappa shape index (κ3) is 7.23. The van der Waals surface area contributed by atoms with E-state index in [1.165, 1.54) is 13.2 Å². The number of para-hydroxylation sites is 2. The minimum absolute atomic E-state index is 0.0757. The van der Waals surface area contributed by atoms with Gasteiger partial charge in [0, 0.05) is 13.1 Å². The van der Waals surface area contributed by atoms with E-state index in [0.29, 0.717) is 30.1 Å². The van der Waals surface area contributed by atoms with Crippen molar-refractivity contribution < 1.29 is 23.5 Å². The molecule has 32 heavy (non-hydrogen) atoms. The molecule has 0 heterocycles. The largest absolute Gasteiger partial charge is 0.495 e. The van der Waals surface area contributed by atoms with E-state index in [9.17, 15) is 14.0 Å². The maximum Gasteiger partial charge on any atom is 0.238 e. The Kier molecular flexibility index (Phi) is 9.94. The van der Waals surface area contributed by atoms with Gasteiger partial charge in [-0.3, -0.25) is 14.5 Å². The van der Waals surface area contributed by atoms with Crippen LogP contribution in [0.15, 0.2) is 42.5 Å². The van der Waals surface area contributed by atoms with Gasteiger partial charge in [-0.05, 0) is 49.7 Å². The van der Waals surface area contributed by atoms with Crippen LogP contribution in [-0.4, -0.2) is 62.0 Å². The van der Waals surface area contributed by atoms with Gasteiger partial charge in [0.25, 0.3) is 0 Å². The molecule has 2 amide bonds. The first-order valence-corrected chi connectivity index (χ1v) is 10.7. The van der Waals surface area contributed by atoms with Crippen molar-refractivity contribution in [1.29, 1.82) is 0 Å². The van der Waals surface area contributed by atoms with E-state index in [4.69, 9.17) is 9.47 Å². The van der Waals surface area contributed by atoms with E-state index < -0.39 is 5.82 Å². The maximum atomic E-state index is 14.0. The summed E-state index contributed by atoms with van der Waals surface area (Å²) in [5.74, 6) is -0.0754. The van der Waals surface area contributed by atoms with Crippen molar-refractivity contribution in [2.24, 2.45) is 0 Å². The molecule has 0 bridgehead atoms. The third-order valence-electron chi connectivity index (χ3n) is 4.97. The van der Waals surface area contributed by atoms with E-state index in [1.54, 1.807) is 36.3 Å². The first-order chi connectivity index (χ1) is 15.4. The van der Waals surface area contributed by atoms with Crippen LogP contribution in [0.2, 0.25) is 0 Å². The Balaban J connectivity index is 2.00. The molecule has 8 heteroatoms. The zero-order chi connectivity index (χ0) is 23.5. The molecule has 0 aliphatic heterocycles. The van der Waals surface area contributed by atoms with Gasteiger partial charge in [-0.1, -0.05) is 25.1 Å². The number of nitrogens with zero attached hydrogens (tertiary/aromatic N) is 2. The highest BCUT2D eigenvalue weighted by Gasteiger charge is 2.19. The van der Waals surface area contributed by atoms with E-state index in [2.05, 4.69) is 5.32 Å². The van der Waals surface area contributed by atoms with Crippen LogP contribution >= 0.6 is 0 Å². The van der Waals surface area contributed by atoms with E-state index >= 15 is 0 Å². The lowest BCUT2D eigenvalue weighted by Crippen LogP contribution is -2.43. The summed E-state index contributed by atoms with van der Waals surface area (Å²) >= 11 is 0. The first kappa shape index (κ1) is 25.1. The molecule has 0 aliphatic carbocycles. The number of halogens is 1. The Bertz CT molecular complexity index is 907. The molecule has 0 aromatic heterocycles. The predicted molar refractivity (Wildman–Crippen MR) is 122 cm³/mol. The summed E-state index contributed by atoms with van der Waals surface area (Å²) in [6.07, 6.45) is 0.797. The molecule has 0 saturated carbocycles. The van der Waals surface area contributed by atoms with Crippen molar-refractivity contribution >= 4 is 17.5 Å². The van der Waals surface area contributed by atoms with Gasteiger partial charge >= 0.3 is 0 Å². The number of anilines is 1. The molecule has 2 rings (SSSR count). The highest BCUT2D eigenvalue weighted by atomic mass is 19.1. The highest BCUT2D eigenvalue weighted by molar-refractivity contribution is 5.94. The fraction of sp³-hybridized carbons (Fsp3) is 0.417. The molecule has 0 radical (unpaired) electrons. The van der Waals surface area contributed by atoms with E-state index in [1.807, 2.05) is 30.9 Å². The summed E-state index contributed by atoms with van der Waals surface area (Å²) in [6, 6.07) is 11.8. The monoisotopic (exact) mass is 445 g/mol. The number of methoxy groups -OCH3 is 2. The lowest BCUT2D eigenvalue weighted by Gasteiger charge is -2.26. The van der Waals surface area contributed by atoms with Crippen LogP contribution in [0.3, 0.4) is 0 Å². The molecule has 7 nitrogen and oxygen atoms in total. The smallest absolute Gasteiger partial charge is 0.238 e. The Morgan fingerprint density at radius 2 is 1.72 bits per heavy atom. The number of carbonyl (C=O) groups excluding carboxylic acids is 2. The predicted octanol–water partition coefficient (Wildman–Crippen LogP) is 3.54. The van der Waals surface area contributed by atoms with Gasteiger partial charge < -0.3 is 19.7 Å². The molecular formula is C24H32FN3O4. The number of likely N-dealkylation sites (N-methyl/N-ethyl adjacent to an activating group) is 1. The summed E-state index contributed by atoms with van der Waals surface area (Å²) in [6.45, 7) is 5.39. The SMILES string of the molecule is CCCN(CC(=O)Nc1ccccc1OC)CC(=O)N(CC)Cc1ccc(OC)c(F)c1. The van der Waals surface area contributed by atoms with Crippen molar-refractivity contribution in [3.8, 4) is 11.5 Å². The van der Waals surface area contributed by atoms with Crippen molar-refractivity contribution in [1.82, 2.24) is 9.80 Å². The molecular weight excluding hydrogens is 413 g/mol. The maximum absolute atomic E-state index is 14.0. The van der Waals surface area contributed by atoms with E-state index in [0.717, 1.165) is 6.42 Å². The van der Waals surface area contributed by atoms with Gasteiger partial charge in [-0.2, -0.15) is 0 Å². The van der Waals surface area contributed by atoms with Crippen LogP contribution in [0.4, 0.5) is 10.1 Å². The molecule has 2 aromatic carbocycles. The number of benzene rings is 2. The minimum atomic E-state index is -0.464. The number of nitrogens with one attached hydrogen (secondary N) is 1. The van der Waals surface area contributed by atoms with Crippen molar-refractivity contribution in [3.05, 3.63) is 53.8 Å². The zero-order valence-corrected chi connectivity index (χ0v) is 19.2. The summed E-state index contributed by atoms with van der Waals surface area (Å²) in [7, 11) is 2.95. The molecule has 0 fully saturated rings. The highest BCUT2D eigenvalue weighted by Crippen LogP contribution is 2.23. The number of hydrogen-bond donors (Lipinski definition) is 1. The van der Waals surface area contributed by atoms with Crippen molar-refractivity contribution in [3.63, 3.8) is 0 Å². The normalized spacial score (nSPS) is 10.7. The van der Waals surface area contributed by atoms with Gasteiger partial charge in [0.15, 0.2) is 11.6 Å². The number of amides is 2. The van der Waals surface area contributed by atoms with Crippen LogP contribution < -0.4 is 14.8 Å². The standard InChI is InChI=1S/C24H32FN3O4/c1-5-13-27(16-23(29)26-20-9-7-8-10-22(20)32-4)17-24(30)28(6-2)15-18-11-12-21(31-3)19(25)14-18/h7-12,14H,5-6,13,15-17H2,1-4H3,(H,26,29). The minimum Gasteiger partial charge on any atom is -0.495 e. The number of hydrogen-bond acceptors (Lipinski definition) is 5. The third-order valence-corrected chi connectivity index (χ3v) is 4.97. The average Bonchev–Trinajstić information content (AvgIpc) is 2.77. The first-order valence-electron chi connectivity index (χ1n) is 10.7. The number of carbonyl (C=O) groups is 2. The molecule has 0 spiro atoms. The fourth-order valence-corrected chi connectivity index (χ4v) is 3.37. The second kappa shape index (κ2) is 12.7. The van der Waals surface area contributed by atoms with E-state index in [-0.39, 0.29) is 37.2 Å². The lowest BCUT2D eigenvalue weighted by molar-refractivity contribution is -0.133. The molecule has 1 N–H and O–H groups in total. The molecule has 0 unspecified atom stereocenters. The second-order valence-corrected chi connectivity index (χ2v) is 7.34. The Morgan fingerprint density at radius 3 is 2.34 bits per heavy atom. The Hall–Kier alpha value is -3.13. The van der Waals surface area contributed by atoms with Gasteiger partial charge in [0.2, 0.25) is 11.8 Å². The summed E-state index contributed by atoms with van der Waals surface area (Å²) in [5.41, 5.74) is 1.26. The number of rotatable bonds is 12. The summed E-state index contributed by atoms with van der Waals surface area (Å²) in [4.78, 5) is 29.0. The molecule has 0 atom stereocenters. The zero-order valence-electron chi connectivity index (χ0n) is 19.2. The second-order valence-electron chi connectivity index (χ2n) is 7.34. The van der Waals surface area contributed by atoms with Crippen LogP contribution in [-0.2, 0) is 16.1 Å². The van der Waals surface area contributed by atoms with Gasteiger partial charge in [0.05, 0.1) is 33.0 Å². The van der Waals surface area contributed by atoms with Gasteiger partial charge in [-0.15, -0.1) is 0 Å². The summed E-state index contributed by atoms with van der Waals surface area (Å²) < 4.78 is 24.2. The molecule has 0 saturated heterocycles. The van der Waals surface area contributed by atoms with Crippen molar-refractivity contribution in [2.45, 2.75) is 26.8 Å². The fourth-order valence-electron chi connectivity index (χ4n) is 3.37. The van der Waals surface area contributed by atoms with Crippen LogP contribution in [0.5, 0.6) is 11.5 Å². The molecule has 2 aromatic rings. The van der Waals surface area contributed by atoms with Crippen LogP contribution in [0.1, 0.15) is 25.8 Å². The Labute approximate surface area is 189 Å². The Morgan fingerprint density at radius 1 is 1.00 bits per heavy atom. The molecule has 174 valence electrons. The topological polar surface area (TPSA) is 71.1 Å². The van der Waals surface area contributed by atoms with Gasteiger partial charge in [-0.25, -0.2) is 4.39 Å². The van der Waals surface area contributed by atoms with Gasteiger partial charge in [0.1, 0.15) is 5.75 Å². The summed E-state index contributed by atoms with van der Waals surface area (Å²) in [5, 5.41) is 2.84. The lowest BCUT2D eigenvalue weighted by atomic mass is 10.2. The number of ether oxygens (including phenoxy) is 2. The van der Waals surface area contributed by atoms with Crippen molar-refractivity contribution in [2.75, 3.05) is 45.7 Å².